The lowest BCUT2D eigenvalue weighted by molar-refractivity contribution is 0.302. The maximum absolute atomic E-state index is 6.06. The molecule has 1 atom stereocenters. The molecule has 0 aliphatic carbocycles. The Morgan fingerprint density at radius 1 is 0.840 bits per heavy atom. The Morgan fingerprint density at radius 2 is 1.48 bits per heavy atom. The van der Waals surface area contributed by atoms with Crippen molar-refractivity contribution >= 4 is 17.3 Å². The summed E-state index contributed by atoms with van der Waals surface area (Å²) >= 11 is 6.06. The third-order valence-corrected chi connectivity index (χ3v) is 4.77. The predicted molar refractivity (Wildman–Crippen MR) is 104 cm³/mol. The van der Waals surface area contributed by atoms with Crippen LogP contribution in [0.5, 0.6) is 0 Å². The van der Waals surface area contributed by atoms with Gasteiger partial charge >= 0.3 is 0 Å². The molecule has 0 saturated carbocycles. The number of nitrogens with zero attached hydrogens (tertiary/aromatic N) is 2. The van der Waals surface area contributed by atoms with Crippen LogP contribution in [-0.4, -0.2) is 17.3 Å². The molecule has 124 valence electrons. The lowest BCUT2D eigenvalue weighted by Gasteiger charge is -2.16. The van der Waals surface area contributed by atoms with Gasteiger partial charge in [-0.15, -0.1) is 0 Å². The van der Waals surface area contributed by atoms with Crippen molar-refractivity contribution in [3.8, 4) is 0 Å². The second-order valence-electron chi connectivity index (χ2n) is 6.29. The average molecular weight is 347 g/mol. The van der Waals surface area contributed by atoms with E-state index in [1.165, 1.54) is 11.1 Å². The number of benzene rings is 3. The Bertz CT molecular complexity index is 858. The molecule has 3 aromatic carbocycles. The number of halogens is 1. The predicted octanol–water partition coefficient (Wildman–Crippen LogP) is 5.34. The SMILES string of the molecule is Clc1ccc(C2=NN(Cc3ccccc3)C[C@H]2c2ccccc2)cc1. The summed E-state index contributed by atoms with van der Waals surface area (Å²) in [6.07, 6.45) is 0. The Labute approximate surface area is 153 Å². The van der Waals surface area contributed by atoms with Gasteiger partial charge in [-0.3, -0.25) is 5.01 Å². The van der Waals surface area contributed by atoms with Crippen molar-refractivity contribution in [2.24, 2.45) is 5.10 Å². The van der Waals surface area contributed by atoms with Crippen LogP contribution < -0.4 is 0 Å². The summed E-state index contributed by atoms with van der Waals surface area (Å²) < 4.78 is 0. The molecular formula is C22H19ClN2. The van der Waals surface area contributed by atoms with Gasteiger partial charge in [0, 0.05) is 17.5 Å². The average Bonchev–Trinajstić information content (AvgIpc) is 3.08. The fraction of sp³-hybridized carbons (Fsp3) is 0.136. The van der Waals surface area contributed by atoms with E-state index in [9.17, 15) is 0 Å². The van der Waals surface area contributed by atoms with Crippen molar-refractivity contribution in [3.63, 3.8) is 0 Å². The highest BCUT2D eigenvalue weighted by Crippen LogP contribution is 2.30. The van der Waals surface area contributed by atoms with Gasteiger partial charge in [0.1, 0.15) is 0 Å². The van der Waals surface area contributed by atoms with Gasteiger partial charge < -0.3 is 0 Å². The van der Waals surface area contributed by atoms with E-state index in [-0.39, 0.29) is 5.92 Å². The molecule has 25 heavy (non-hydrogen) atoms. The maximum Gasteiger partial charge on any atom is 0.0770 e. The molecule has 3 aromatic rings. The van der Waals surface area contributed by atoms with Crippen molar-refractivity contribution in [1.29, 1.82) is 0 Å². The van der Waals surface area contributed by atoms with Crippen LogP contribution in [-0.2, 0) is 6.54 Å². The first kappa shape index (κ1) is 15.9. The van der Waals surface area contributed by atoms with Gasteiger partial charge in [-0.05, 0) is 28.8 Å². The van der Waals surface area contributed by atoms with E-state index in [4.69, 9.17) is 16.7 Å². The summed E-state index contributed by atoms with van der Waals surface area (Å²) in [7, 11) is 0. The van der Waals surface area contributed by atoms with Crippen LogP contribution in [0.4, 0.5) is 0 Å². The molecule has 1 heterocycles. The van der Waals surface area contributed by atoms with Crippen LogP contribution in [0.15, 0.2) is 90.0 Å². The van der Waals surface area contributed by atoms with Crippen molar-refractivity contribution in [1.82, 2.24) is 5.01 Å². The first-order chi connectivity index (χ1) is 12.3. The molecule has 0 bridgehead atoms. The van der Waals surface area contributed by atoms with Crippen molar-refractivity contribution < 1.29 is 0 Å². The Balaban J connectivity index is 1.66. The molecule has 0 fully saturated rings. The van der Waals surface area contributed by atoms with E-state index in [1.807, 2.05) is 18.2 Å². The lowest BCUT2D eigenvalue weighted by Crippen LogP contribution is -2.18. The highest BCUT2D eigenvalue weighted by atomic mass is 35.5. The van der Waals surface area contributed by atoms with Gasteiger partial charge in [0.2, 0.25) is 0 Å². The van der Waals surface area contributed by atoms with Gasteiger partial charge in [-0.25, -0.2) is 0 Å². The number of hydrogen-bond donors (Lipinski definition) is 0. The molecule has 0 unspecified atom stereocenters. The van der Waals surface area contributed by atoms with Crippen LogP contribution in [0.2, 0.25) is 5.02 Å². The van der Waals surface area contributed by atoms with Gasteiger partial charge in [0.25, 0.3) is 0 Å². The van der Waals surface area contributed by atoms with Gasteiger partial charge in [0.05, 0.1) is 12.3 Å². The van der Waals surface area contributed by atoms with Crippen molar-refractivity contribution in [3.05, 3.63) is 107 Å². The highest BCUT2D eigenvalue weighted by Gasteiger charge is 2.29. The Morgan fingerprint density at radius 3 is 2.16 bits per heavy atom. The summed E-state index contributed by atoms with van der Waals surface area (Å²) in [6.45, 7) is 1.71. The molecule has 1 aliphatic heterocycles. The molecule has 0 N–H and O–H groups in total. The molecule has 0 spiro atoms. The summed E-state index contributed by atoms with van der Waals surface area (Å²) in [5.74, 6) is 0.270. The number of hydrogen-bond acceptors (Lipinski definition) is 2. The van der Waals surface area contributed by atoms with E-state index in [0.29, 0.717) is 0 Å². The summed E-state index contributed by atoms with van der Waals surface area (Å²) in [5, 5.41) is 7.86. The van der Waals surface area contributed by atoms with Gasteiger partial charge in [-0.2, -0.15) is 5.10 Å². The standard InChI is InChI=1S/C22H19ClN2/c23-20-13-11-19(12-14-20)22-21(18-9-5-2-6-10-18)16-25(24-22)15-17-7-3-1-4-8-17/h1-14,21H,15-16H2/t21-/m0/s1. The molecule has 4 rings (SSSR count). The third-order valence-electron chi connectivity index (χ3n) is 4.52. The largest absolute Gasteiger partial charge is 0.291 e. The van der Waals surface area contributed by atoms with Crippen molar-refractivity contribution in [2.75, 3.05) is 6.54 Å². The fourth-order valence-electron chi connectivity index (χ4n) is 3.28. The van der Waals surface area contributed by atoms with Crippen molar-refractivity contribution in [2.45, 2.75) is 12.5 Å². The Hall–Kier alpha value is -2.58. The molecule has 0 radical (unpaired) electrons. The van der Waals surface area contributed by atoms with Crippen LogP contribution >= 0.6 is 11.6 Å². The van der Waals surface area contributed by atoms with Gasteiger partial charge in [-0.1, -0.05) is 84.4 Å². The van der Waals surface area contributed by atoms with Crippen LogP contribution in [0.1, 0.15) is 22.6 Å². The molecule has 0 saturated heterocycles. The minimum atomic E-state index is 0.270. The molecule has 1 aliphatic rings. The maximum atomic E-state index is 6.06. The van der Waals surface area contributed by atoms with E-state index in [2.05, 4.69) is 71.7 Å². The monoisotopic (exact) mass is 346 g/mol. The zero-order valence-corrected chi connectivity index (χ0v) is 14.6. The molecule has 3 heteroatoms. The zero-order valence-electron chi connectivity index (χ0n) is 13.8. The smallest absolute Gasteiger partial charge is 0.0770 e. The van der Waals surface area contributed by atoms with Gasteiger partial charge in [0.15, 0.2) is 0 Å². The van der Waals surface area contributed by atoms with Crippen LogP contribution in [0, 0.1) is 0 Å². The fourth-order valence-corrected chi connectivity index (χ4v) is 3.41. The van der Waals surface area contributed by atoms with E-state index < -0.39 is 0 Å². The van der Waals surface area contributed by atoms with E-state index in [1.54, 1.807) is 0 Å². The minimum absolute atomic E-state index is 0.270. The lowest BCUT2D eigenvalue weighted by atomic mass is 9.90. The first-order valence-electron chi connectivity index (χ1n) is 8.48. The van der Waals surface area contributed by atoms with E-state index in [0.717, 1.165) is 29.4 Å². The van der Waals surface area contributed by atoms with Crippen LogP contribution in [0.25, 0.3) is 0 Å². The third kappa shape index (κ3) is 3.59. The minimum Gasteiger partial charge on any atom is -0.291 e. The number of rotatable bonds is 4. The molecular weight excluding hydrogens is 328 g/mol. The first-order valence-corrected chi connectivity index (χ1v) is 8.85. The van der Waals surface area contributed by atoms with Crippen LogP contribution in [0.3, 0.4) is 0 Å². The quantitative estimate of drug-likeness (QED) is 0.622. The second kappa shape index (κ2) is 7.12. The second-order valence-corrected chi connectivity index (χ2v) is 6.72. The summed E-state index contributed by atoms with van der Waals surface area (Å²) in [6, 6.07) is 29.1. The summed E-state index contributed by atoms with van der Waals surface area (Å²) in [5.41, 5.74) is 4.81. The summed E-state index contributed by atoms with van der Waals surface area (Å²) in [4.78, 5) is 0. The zero-order chi connectivity index (χ0) is 17.1. The normalized spacial score (nSPS) is 16.8. The molecule has 0 aromatic heterocycles. The molecule has 0 amide bonds. The Kier molecular flexibility index (Phi) is 4.53. The molecule has 2 nitrogen and oxygen atoms in total. The highest BCUT2D eigenvalue weighted by molar-refractivity contribution is 6.30. The number of hydrazone groups is 1. The topological polar surface area (TPSA) is 15.6 Å². The van der Waals surface area contributed by atoms with E-state index >= 15 is 0 Å².